The quantitative estimate of drug-likeness (QED) is 0.758. The van der Waals surface area contributed by atoms with Gasteiger partial charge in [0.25, 0.3) is 0 Å². The highest BCUT2D eigenvalue weighted by molar-refractivity contribution is 5.71. The van der Waals surface area contributed by atoms with E-state index in [1.807, 2.05) is 0 Å². The normalized spacial score (nSPS) is 33.7. The molecule has 2 unspecified atom stereocenters. The molecule has 0 aromatic heterocycles. The molecule has 0 amide bonds. The van der Waals surface area contributed by atoms with Gasteiger partial charge in [0.05, 0.1) is 12.0 Å². The van der Waals surface area contributed by atoms with E-state index in [1.165, 1.54) is 12.8 Å². The fourth-order valence-electron chi connectivity index (χ4n) is 2.63. The minimum absolute atomic E-state index is 0.132. The summed E-state index contributed by atoms with van der Waals surface area (Å²) in [6, 6.07) is 0.555. The Labute approximate surface area is 90.2 Å². The average Bonchev–Trinajstić information content (AvgIpc) is 2.15. The monoisotopic (exact) mass is 213 g/mol. The number of rotatable bonds is 3. The first-order chi connectivity index (χ1) is 7.20. The van der Waals surface area contributed by atoms with Crippen molar-refractivity contribution < 1.29 is 14.6 Å². The zero-order valence-corrected chi connectivity index (χ0v) is 9.19. The first kappa shape index (κ1) is 10.9. The topological polar surface area (TPSA) is 49.8 Å². The smallest absolute Gasteiger partial charge is 0.309 e. The molecule has 0 aromatic carbocycles. The molecule has 0 bridgehead atoms. The van der Waals surface area contributed by atoms with Gasteiger partial charge in [0.1, 0.15) is 0 Å². The molecule has 1 aliphatic heterocycles. The average molecular weight is 213 g/mol. The maximum absolute atomic E-state index is 10.7. The van der Waals surface area contributed by atoms with Crippen LogP contribution in [-0.2, 0) is 9.53 Å². The summed E-state index contributed by atoms with van der Waals surface area (Å²) in [6.07, 6.45) is 5.02. The van der Waals surface area contributed by atoms with Gasteiger partial charge in [-0.2, -0.15) is 0 Å². The van der Waals surface area contributed by atoms with Gasteiger partial charge >= 0.3 is 5.97 Å². The van der Waals surface area contributed by atoms with E-state index < -0.39 is 5.97 Å². The summed E-state index contributed by atoms with van der Waals surface area (Å²) in [5.74, 6) is -0.779. The summed E-state index contributed by atoms with van der Waals surface area (Å²) < 4.78 is 5.37. The number of methoxy groups -OCH3 is 1. The first-order valence-corrected chi connectivity index (χ1v) is 5.70. The SMILES string of the molecule is COC1CCCC(N2CC(C(=O)O)C2)C1. The largest absolute Gasteiger partial charge is 0.481 e. The highest BCUT2D eigenvalue weighted by atomic mass is 16.5. The Hall–Kier alpha value is -0.610. The molecular weight excluding hydrogens is 194 g/mol. The van der Waals surface area contributed by atoms with E-state index in [-0.39, 0.29) is 5.92 Å². The van der Waals surface area contributed by atoms with Crippen LogP contribution in [0.4, 0.5) is 0 Å². The Morgan fingerprint density at radius 3 is 2.73 bits per heavy atom. The van der Waals surface area contributed by atoms with Crippen LogP contribution in [0.25, 0.3) is 0 Å². The van der Waals surface area contributed by atoms with E-state index in [2.05, 4.69) is 4.90 Å². The Morgan fingerprint density at radius 2 is 2.13 bits per heavy atom. The van der Waals surface area contributed by atoms with Crippen molar-refractivity contribution in [3.05, 3.63) is 0 Å². The van der Waals surface area contributed by atoms with Crippen molar-refractivity contribution in [1.82, 2.24) is 4.90 Å². The maximum atomic E-state index is 10.7. The van der Waals surface area contributed by atoms with E-state index in [1.54, 1.807) is 7.11 Å². The standard InChI is InChI=1S/C11H19NO3/c1-15-10-4-2-3-9(5-10)12-6-8(7-12)11(13)14/h8-10H,2-7H2,1H3,(H,13,14). The van der Waals surface area contributed by atoms with Gasteiger partial charge in [0.15, 0.2) is 0 Å². The van der Waals surface area contributed by atoms with Crippen LogP contribution in [-0.4, -0.2) is 48.3 Å². The molecule has 1 saturated heterocycles. The van der Waals surface area contributed by atoms with E-state index in [4.69, 9.17) is 9.84 Å². The van der Waals surface area contributed by atoms with E-state index in [0.29, 0.717) is 12.1 Å². The van der Waals surface area contributed by atoms with Gasteiger partial charge in [-0.3, -0.25) is 9.69 Å². The lowest BCUT2D eigenvalue weighted by Crippen LogP contribution is -2.56. The van der Waals surface area contributed by atoms with Crippen LogP contribution in [0.2, 0.25) is 0 Å². The second-order valence-corrected chi connectivity index (χ2v) is 4.67. The van der Waals surface area contributed by atoms with Crippen molar-refractivity contribution in [3.63, 3.8) is 0 Å². The van der Waals surface area contributed by atoms with Crippen LogP contribution < -0.4 is 0 Å². The lowest BCUT2D eigenvalue weighted by atomic mass is 9.87. The van der Waals surface area contributed by atoms with Crippen molar-refractivity contribution in [2.75, 3.05) is 20.2 Å². The summed E-state index contributed by atoms with van der Waals surface area (Å²) in [4.78, 5) is 13.0. The summed E-state index contributed by atoms with van der Waals surface area (Å²) in [5, 5.41) is 8.80. The summed E-state index contributed by atoms with van der Waals surface area (Å²) >= 11 is 0. The molecule has 4 heteroatoms. The van der Waals surface area contributed by atoms with Crippen LogP contribution >= 0.6 is 0 Å². The predicted molar refractivity (Wildman–Crippen MR) is 55.8 cm³/mol. The van der Waals surface area contributed by atoms with Crippen molar-refractivity contribution >= 4 is 5.97 Å². The number of hydrogen-bond acceptors (Lipinski definition) is 3. The van der Waals surface area contributed by atoms with Crippen LogP contribution in [0, 0.1) is 5.92 Å². The third-order valence-electron chi connectivity index (χ3n) is 3.71. The van der Waals surface area contributed by atoms with Crippen molar-refractivity contribution in [2.24, 2.45) is 5.92 Å². The fraction of sp³-hybridized carbons (Fsp3) is 0.909. The number of carboxylic acids is 1. The third-order valence-corrected chi connectivity index (χ3v) is 3.71. The number of ether oxygens (including phenoxy) is 1. The minimum Gasteiger partial charge on any atom is -0.481 e. The third kappa shape index (κ3) is 2.32. The molecule has 15 heavy (non-hydrogen) atoms. The van der Waals surface area contributed by atoms with Crippen molar-refractivity contribution in [2.45, 2.75) is 37.8 Å². The van der Waals surface area contributed by atoms with Gasteiger partial charge in [0.2, 0.25) is 0 Å². The number of carboxylic acid groups (broad SMARTS) is 1. The molecule has 1 heterocycles. The molecule has 4 nitrogen and oxygen atoms in total. The lowest BCUT2D eigenvalue weighted by molar-refractivity contribution is -0.149. The number of hydrogen-bond donors (Lipinski definition) is 1. The minimum atomic E-state index is -0.648. The van der Waals surface area contributed by atoms with E-state index in [0.717, 1.165) is 25.9 Å². The number of carbonyl (C=O) groups is 1. The second-order valence-electron chi connectivity index (χ2n) is 4.67. The van der Waals surface area contributed by atoms with Gasteiger partial charge in [0, 0.05) is 26.2 Å². The molecular formula is C11H19NO3. The molecule has 1 saturated carbocycles. The van der Waals surface area contributed by atoms with Crippen molar-refractivity contribution in [3.8, 4) is 0 Å². The number of nitrogens with zero attached hydrogens (tertiary/aromatic N) is 1. The summed E-state index contributed by atoms with van der Waals surface area (Å²) in [6.45, 7) is 1.47. The summed E-state index contributed by atoms with van der Waals surface area (Å²) in [7, 11) is 1.77. The predicted octanol–water partition coefficient (Wildman–Crippen LogP) is 0.960. The zero-order valence-electron chi connectivity index (χ0n) is 9.19. The number of aliphatic carboxylic acids is 1. The Morgan fingerprint density at radius 1 is 1.40 bits per heavy atom. The van der Waals surface area contributed by atoms with Gasteiger partial charge in [-0.15, -0.1) is 0 Å². The highest BCUT2D eigenvalue weighted by Gasteiger charge is 2.38. The van der Waals surface area contributed by atoms with Gasteiger partial charge in [-0.25, -0.2) is 0 Å². The molecule has 2 aliphatic rings. The van der Waals surface area contributed by atoms with E-state index in [9.17, 15) is 4.79 Å². The second kappa shape index (κ2) is 4.49. The molecule has 2 atom stereocenters. The Bertz CT molecular complexity index is 238. The van der Waals surface area contributed by atoms with Crippen LogP contribution in [0.15, 0.2) is 0 Å². The zero-order chi connectivity index (χ0) is 10.8. The van der Waals surface area contributed by atoms with Crippen LogP contribution in [0.3, 0.4) is 0 Å². The molecule has 0 aromatic rings. The maximum Gasteiger partial charge on any atom is 0.309 e. The molecule has 2 rings (SSSR count). The molecule has 86 valence electrons. The Kier molecular flexibility index (Phi) is 3.26. The van der Waals surface area contributed by atoms with E-state index >= 15 is 0 Å². The van der Waals surface area contributed by atoms with Gasteiger partial charge in [-0.05, 0) is 25.7 Å². The first-order valence-electron chi connectivity index (χ1n) is 5.70. The van der Waals surface area contributed by atoms with Crippen LogP contribution in [0.1, 0.15) is 25.7 Å². The fourth-order valence-corrected chi connectivity index (χ4v) is 2.63. The molecule has 0 radical (unpaired) electrons. The number of likely N-dealkylation sites (tertiary alicyclic amines) is 1. The summed E-state index contributed by atoms with van der Waals surface area (Å²) in [5.41, 5.74) is 0. The Balaban J connectivity index is 1.78. The van der Waals surface area contributed by atoms with Gasteiger partial charge in [-0.1, -0.05) is 0 Å². The van der Waals surface area contributed by atoms with Crippen molar-refractivity contribution in [1.29, 1.82) is 0 Å². The molecule has 0 spiro atoms. The molecule has 1 N–H and O–H groups in total. The molecule has 1 aliphatic carbocycles. The highest BCUT2D eigenvalue weighted by Crippen LogP contribution is 2.29. The van der Waals surface area contributed by atoms with Crippen LogP contribution in [0.5, 0.6) is 0 Å². The molecule has 2 fully saturated rings. The lowest BCUT2D eigenvalue weighted by Gasteiger charge is -2.45. The van der Waals surface area contributed by atoms with Gasteiger partial charge < -0.3 is 9.84 Å².